The van der Waals surface area contributed by atoms with E-state index in [2.05, 4.69) is 16.8 Å². The molecule has 0 bridgehead atoms. The molecule has 1 heterocycles. The number of methoxy groups -OCH3 is 1. The van der Waals surface area contributed by atoms with E-state index in [1.165, 1.54) is 25.7 Å². The monoisotopic (exact) mass is 384 g/mol. The second-order valence-corrected chi connectivity index (χ2v) is 8.10. The Morgan fingerprint density at radius 3 is 2.36 bits per heavy atom. The third-order valence-electron chi connectivity index (χ3n) is 6.21. The summed E-state index contributed by atoms with van der Waals surface area (Å²) < 4.78 is 7.34. The molecule has 1 aromatic heterocycles. The number of aromatic nitrogens is 1. The minimum Gasteiger partial charge on any atom is -0.497 e. The molecule has 2 N–H and O–H groups in total. The molecule has 152 valence electrons. The molecule has 0 unspecified atom stereocenters. The van der Waals surface area contributed by atoms with Crippen LogP contribution in [0.1, 0.15) is 65.5 Å². The smallest absolute Gasteiger partial charge is 0.337 e. The van der Waals surface area contributed by atoms with Gasteiger partial charge >= 0.3 is 5.97 Å². The van der Waals surface area contributed by atoms with E-state index in [-0.39, 0.29) is 0 Å². The van der Waals surface area contributed by atoms with Gasteiger partial charge in [0.05, 0.1) is 12.7 Å². The standard InChI is InChI=1S/C23H32N2O3/c1-15-5-9-19(10-6-15)24-13-21-16(2)25(17(3)22(21)23(26)27)14-18-7-11-20(28-4)12-8-18/h7-8,11-12,15,19,24H,5-6,9-10,13-14H2,1-4H3,(H,26,27). The Labute approximate surface area is 167 Å². The number of carboxylic acids is 1. The van der Waals surface area contributed by atoms with Crippen LogP contribution in [0.5, 0.6) is 5.75 Å². The zero-order valence-electron chi connectivity index (χ0n) is 17.4. The number of hydrogen-bond donors (Lipinski definition) is 2. The fourth-order valence-corrected chi connectivity index (χ4v) is 4.31. The van der Waals surface area contributed by atoms with Crippen molar-refractivity contribution in [2.45, 2.75) is 65.6 Å². The van der Waals surface area contributed by atoms with Crippen molar-refractivity contribution in [1.82, 2.24) is 9.88 Å². The van der Waals surface area contributed by atoms with Gasteiger partial charge in [0.2, 0.25) is 0 Å². The summed E-state index contributed by atoms with van der Waals surface area (Å²) in [6.45, 7) is 7.52. The number of nitrogens with zero attached hydrogens (tertiary/aromatic N) is 1. The molecule has 3 rings (SSSR count). The van der Waals surface area contributed by atoms with E-state index in [1.807, 2.05) is 38.1 Å². The maximum atomic E-state index is 12.0. The topological polar surface area (TPSA) is 63.5 Å². The van der Waals surface area contributed by atoms with Crippen molar-refractivity contribution < 1.29 is 14.6 Å². The molecule has 0 spiro atoms. The normalized spacial score (nSPS) is 19.6. The number of aromatic carboxylic acids is 1. The summed E-state index contributed by atoms with van der Waals surface area (Å²) in [4.78, 5) is 12.0. The number of benzene rings is 1. The number of carboxylic acid groups (broad SMARTS) is 1. The quantitative estimate of drug-likeness (QED) is 0.736. The Morgan fingerprint density at radius 2 is 1.79 bits per heavy atom. The van der Waals surface area contributed by atoms with Crippen molar-refractivity contribution in [2.75, 3.05) is 7.11 Å². The van der Waals surface area contributed by atoms with Crippen LogP contribution in [0.15, 0.2) is 24.3 Å². The van der Waals surface area contributed by atoms with Gasteiger partial charge in [-0.2, -0.15) is 0 Å². The Kier molecular flexibility index (Phi) is 6.45. The van der Waals surface area contributed by atoms with Gasteiger partial charge in [-0.1, -0.05) is 19.1 Å². The second-order valence-electron chi connectivity index (χ2n) is 8.10. The molecule has 5 nitrogen and oxygen atoms in total. The van der Waals surface area contributed by atoms with Gasteiger partial charge in [-0.25, -0.2) is 4.79 Å². The van der Waals surface area contributed by atoms with Crippen LogP contribution in [0.25, 0.3) is 0 Å². The lowest BCUT2D eigenvalue weighted by Gasteiger charge is -2.27. The van der Waals surface area contributed by atoms with Gasteiger partial charge in [-0.05, 0) is 63.1 Å². The molecule has 1 saturated carbocycles. The molecule has 2 aromatic rings. The maximum absolute atomic E-state index is 12.0. The van der Waals surface area contributed by atoms with Crippen molar-refractivity contribution in [3.05, 3.63) is 52.3 Å². The third kappa shape index (κ3) is 4.41. The molecular weight excluding hydrogens is 352 g/mol. The van der Waals surface area contributed by atoms with Crippen LogP contribution in [0.3, 0.4) is 0 Å². The molecule has 0 atom stereocenters. The van der Waals surface area contributed by atoms with Gasteiger partial charge in [0, 0.05) is 36.1 Å². The Bertz CT molecular complexity index is 815. The lowest BCUT2D eigenvalue weighted by atomic mass is 9.87. The van der Waals surface area contributed by atoms with Crippen molar-refractivity contribution in [2.24, 2.45) is 5.92 Å². The summed E-state index contributed by atoms with van der Waals surface area (Å²) in [7, 11) is 1.65. The highest BCUT2D eigenvalue weighted by Crippen LogP contribution is 2.27. The Balaban J connectivity index is 1.81. The zero-order valence-corrected chi connectivity index (χ0v) is 17.4. The molecule has 1 aliphatic carbocycles. The fraction of sp³-hybridized carbons (Fsp3) is 0.522. The van der Waals surface area contributed by atoms with Gasteiger partial charge in [-0.15, -0.1) is 0 Å². The molecule has 28 heavy (non-hydrogen) atoms. The van der Waals surface area contributed by atoms with Crippen LogP contribution in [-0.2, 0) is 13.1 Å². The molecule has 0 amide bonds. The van der Waals surface area contributed by atoms with Gasteiger partial charge in [0.25, 0.3) is 0 Å². The first kappa shape index (κ1) is 20.5. The molecule has 5 heteroatoms. The summed E-state index contributed by atoms with van der Waals surface area (Å²) in [5.74, 6) is 0.785. The SMILES string of the molecule is COc1ccc(Cn2c(C)c(CNC3CCC(C)CC3)c(C(=O)O)c2C)cc1. The molecule has 1 aromatic carbocycles. The summed E-state index contributed by atoms with van der Waals surface area (Å²) in [5, 5.41) is 13.5. The van der Waals surface area contributed by atoms with E-state index in [1.54, 1.807) is 7.11 Å². The van der Waals surface area contributed by atoms with Crippen LogP contribution in [0.2, 0.25) is 0 Å². The van der Waals surface area contributed by atoms with Gasteiger partial charge in [0.1, 0.15) is 5.75 Å². The molecule has 0 radical (unpaired) electrons. The summed E-state index contributed by atoms with van der Waals surface area (Å²) in [6.07, 6.45) is 4.85. The van der Waals surface area contributed by atoms with E-state index in [0.717, 1.165) is 34.2 Å². The van der Waals surface area contributed by atoms with E-state index < -0.39 is 5.97 Å². The number of nitrogens with one attached hydrogen (secondary N) is 1. The molecule has 1 fully saturated rings. The van der Waals surface area contributed by atoms with Gasteiger partial charge in [-0.3, -0.25) is 0 Å². The van der Waals surface area contributed by atoms with Crippen molar-refractivity contribution in [3.63, 3.8) is 0 Å². The molecule has 0 aliphatic heterocycles. The third-order valence-corrected chi connectivity index (χ3v) is 6.21. The van der Waals surface area contributed by atoms with Crippen LogP contribution in [0.4, 0.5) is 0 Å². The fourth-order valence-electron chi connectivity index (χ4n) is 4.31. The minimum atomic E-state index is -0.844. The number of hydrogen-bond acceptors (Lipinski definition) is 3. The largest absolute Gasteiger partial charge is 0.497 e. The first-order chi connectivity index (χ1) is 13.4. The molecule has 0 saturated heterocycles. The molecular formula is C23H32N2O3. The Hall–Kier alpha value is -2.27. The molecule has 1 aliphatic rings. The van der Waals surface area contributed by atoms with Gasteiger partial charge in [0.15, 0.2) is 0 Å². The van der Waals surface area contributed by atoms with Crippen LogP contribution < -0.4 is 10.1 Å². The van der Waals surface area contributed by atoms with Crippen LogP contribution in [-0.4, -0.2) is 28.8 Å². The first-order valence-corrected chi connectivity index (χ1v) is 10.2. The number of carbonyl (C=O) groups is 1. The average Bonchev–Trinajstić information content (AvgIpc) is 2.92. The van der Waals surface area contributed by atoms with E-state index in [9.17, 15) is 9.90 Å². The van der Waals surface area contributed by atoms with E-state index in [0.29, 0.717) is 24.7 Å². The number of rotatable bonds is 7. The predicted molar refractivity (Wildman–Crippen MR) is 111 cm³/mol. The van der Waals surface area contributed by atoms with Gasteiger partial charge < -0.3 is 19.7 Å². The summed E-state index contributed by atoms with van der Waals surface area (Å²) >= 11 is 0. The average molecular weight is 385 g/mol. The highest BCUT2D eigenvalue weighted by Gasteiger charge is 2.24. The van der Waals surface area contributed by atoms with Crippen LogP contribution >= 0.6 is 0 Å². The van der Waals surface area contributed by atoms with Crippen molar-refractivity contribution in [1.29, 1.82) is 0 Å². The Morgan fingerprint density at radius 1 is 1.14 bits per heavy atom. The van der Waals surface area contributed by atoms with Crippen molar-refractivity contribution in [3.8, 4) is 5.75 Å². The highest BCUT2D eigenvalue weighted by atomic mass is 16.5. The van der Waals surface area contributed by atoms with Crippen LogP contribution in [0, 0.1) is 19.8 Å². The van der Waals surface area contributed by atoms with Crippen molar-refractivity contribution >= 4 is 5.97 Å². The lowest BCUT2D eigenvalue weighted by Crippen LogP contribution is -2.32. The highest BCUT2D eigenvalue weighted by molar-refractivity contribution is 5.91. The summed E-state index contributed by atoms with van der Waals surface area (Å²) in [5.41, 5.74) is 4.33. The first-order valence-electron chi connectivity index (χ1n) is 10.2. The van der Waals surface area contributed by atoms with E-state index in [4.69, 9.17) is 4.74 Å². The predicted octanol–water partition coefficient (Wildman–Crippen LogP) is 4.53. The lowest BCUT2D eigenvalue weighted by molar-refractivity contribution is 0.0694. The zero-order chi connectivity index (χ0) is 20.3. The summed E-state index contributed by atoms with van der Waals surface area (Å²) in [6, 6.07) is 8.42. The van der Waals surface area contributed by atoms with E-state index >= 15 is 0 Å². The maximum Gasteiger partial charge on any atom is 0.337 e. The second kappa shape index (κ2) is 8.82. The minimum absolute atomic E-state index is 0.447. The number of ether oxygens (including phenoxy) is 1.